The lowest BCUT2D eigenvalue weighted by Gasteiger charge is -2.18. The first kappa shape index (κ1) is 12.9. The van der Waals surface area contributed by atoms with Crippen molar-refractivity contribution in [2.75, 3.05) is 6.54 Å². The third kappa shape index (κ3) is 2.60. The van der Waals surface area contributed by atoms with E-state index in [0.717, 1.165) is 18.4 Å². The Bertz CT molecular complexity index is 531. The predicted octanol–water partition coefficient (Wildman–Crippen LogP) is 4.51. The van der Waals surface area contributed by atoms with E-state index in [9.17, 15) is 0 Å². The second-order valence-electron chi connectivity index (χ2n) is 5.42. The van der Waals surface area contributed by atoms with Crippen LogP contribution in [0, 0.1) is 12.8 Å². The van der Waals surface area contributed by atoms with Crippen LogP contribution in [0.4, 0.5) is 0 Å². The van der Waals surface area contributed by atoms with Crippen molar-refractivity contribution in [3.8, 4) is 0 Å². The summed E-state index contributed by atoms with van der Waals surface area (Å²) in [6.07, 6.45) is 1.32. The SMILES string of the molecule is CCNC(c1sccc1C)C1CC1c1ccccc1. The second kappa shape index (κ2) is 5.48. The molecule has 19 heavy (non-hydrogen) atoms. The third-order valence-electron chi connectivity index (χ3n) is 4.10. The molecule has 0 amide bonds. The minimum absolute atomic E-state index is 0.537. The van der Waals surface area contributed by atoms with Gasteiger partial charge in [-0.1, -0.05) is 37.3 Å². The largest absolute Gasteiger partial charge is 0.309 e. The molecule has 1 fully saturated rings. The van der Waals surface area contributed by atoms with E-state index in [2.05, 4.69) is 60.9 Å². The van der Waals surface area contributed by atoms with Crippen LogP contribution in [-0.2, 0) is 0 Å². The Labute approximate surface area is 119 Å². The Morgan fingerprint density at radius 3 is 2.68 bits per heavy atom. The molecule has 1 nitrogen and oxygen atoms in total. The maximum Gasteiger partial charge on any atom is 0.0452 e. The van der Waals surface area contributed by atoms with Crippen molar-refractivity contribution >= 4 is 11.3 Å². The lowest BCUT2D eigenvalue weighted by molar-refractivity contribution is 0.493. The molecule has 1 aromatic heterocycles. The lowest BCUT2D eigenvalue weighted by Crippen LogP contribution is -2.23. The number of thiophene rings is 1. The minimum Gasteiger partial charge on any atom is -0.309 e. The number of rotatable bonds is 5. The van der Waals surface area contributed by atoms with Crippen LogP contribution in [0.5, 0.6) is 0 Å². The summed E-state index contributed by atoms with van der Waals surface area (Å²) in [6, 6.07) is 13.7. The highest BCUT2D eigenvalue weighted by Crippen LogP contribution is 2.54. The molecule has 1 N–H and O–H groups in total. The van der Waals surface area contributed by atoms with E-state index in [1.165, 1.54) is 22.4 Å². The number of benzene rings is 1. The van der Waals surface area contributed by atoms with Gasteiger partial charge >= 0.3 is 0 Å². The summed E-state index contributed by atoms with van der Waals surface area (Å²) < 4.78 is 0. The Kier molecular flexibility index (Phi) is 3.72. The van der Waals surface area contributed by atoms with E-state index >= 15 is 0 Å². The molecule has 1 heterocycles. The Morgan fingerprint density at radius 2 is 2.05 bits per heavy atom. The van der Waals surface area contributed by atoms with E-state index in [1.807, 2.05) is 11.3 Å². The minimum atomic E-state index is 0.537. The van der Waals surface area contributed by atoms with Crippen LogP contribution < -0.4 is 5.32 Å². The standard InChI is InChI=1S/C17H21NS/c1-3-18-16(17-12(2)9-10-19-17)15-11-14(15)13-7-5-4-6-8-13/h4-10,14-16,18H,3,11H2,1-2H3. The maximum atomic E-state index is 3.70. The molecule has 0 radical (unpaired) electrons. The summed E-state index contributed by atoms with van der Waals surface area (Å²) in [5, 5.41) is 5.92. The highest BCUT2D eigenvalue weighted by atomic mass is 32.1. The molecule has 1 aliphatic rings. The molecule has 1 aliphatic carbocycles. The summed E-state index contributed by atoms with van der Waals surface area (Å²) in [4.78, 5) is 1.53. The third-order valence-corrected chi connectivity index (χ3v) is 5.21. The fourth-order valence-corrected chi connectivity index (χ4v) is 4.11. The molecule has 0 aliphatic heterocycles. The molecule has 0 saturated heterocycles. The smallest absolute Gasteiger partial charge is 0.0452 e. The highest BCUT2D eigenvalue weighted by molar-refractivity contribution is 7.10. The van der Waals surface area contributed by atoms with Crippen molar-refractivity contribution in [2.45, 2.75) is 32.2 Å². The van der Waals surface area contributed by atoms with E-state index in [-0.39, 0.29) is 0 Å². The first-order valence-electron chi connectivity index (χ1n) is 7.13. The maximum absolute atomic E-state index is 3.70. The normalized spacial score (nSPS) is 23.3. The lowest BCUT2D eigenvalue weighted by atomic mass is 10.0. The number of aryl methyl sites for hydroxylation is 1. The second-order valence-corrected chi connectivity index (χ2v) is 6.37. The van der Waals surface area contributed by atoms with Crippen molar-refractivity contribution in [3.63, 3.8) is 0 Å². The quantitative estimate of drug-likeness (QED) is 0.843. The zero-order chi connectivity index (χ0) is 13.2. The van der Waals surface area contributed by atoms with Crippen LogP contribution in [0.2, 0.25) is 0 Å². The fraction of sp³-hybridized carbons (Fsp3) is 0.412. The predicted molar refractivity (Wildman–Crippen MR) is 82.8 cm³/mol. The van der Waals surface area contributed by atoms with Gasteiger partial charge in [0.15, 0.2) is 0 Å². The molecule has 100 valence electrons. The Morgan fingerprint density at radius 1 is 1.26 bits per heavy atom. The van der Waals surface area contributed by atoms with Gasteiger partial charge in [-0.05, 0) is 54.3 Å². The summed E-state index contributed by atoms with van der Waals surface area (Å²) in [5.41, 5.74) is 2.94. The first-order chi connectivity index (χ1) is 9.31. The molecule has 2 aromatic rings. The van der Waals surface area contributed by atoms with Crippen molar-refractivity contribution in [2.24, 2.45) is 5.92 Å². The van der Waals surface area contributed by atoms with Gasteiger partial charge in [0.25, 0.3) is 0 Å². The summed E-state index contributed by atoms with van der Waals surface area (Å²) in [5.74, 6) is 1.51. The molecule has 3 rings (SSSR count). The van der Waals surface area contributed by atoms with Gasteiger partial charge in [0.05, 0.1) is 0 Å². The van der Waals surface area contributed by atoms with Crippen LogP contribution >= 0.6 is 11.3 Å². The van der Waals surface area contributed by atoms with Crippen molar-refractivity contribution in [1.82, 2.24) is 5.32 Å². The van der Waals surface area contributed by atoms with E-state index in [1.54, 1.807) is 0 Å². The average molecular weight is 271 g/mol. The fourth-order valence-electron chi connectivity index (χ4n) is 3.03. The van der Waals surface area contributed by atoms with Crippen molar-refractivity contribution < 1.29 is 0 Å². The van der Waals surface area contributed by atoms with Gasteiger partial charge in [-0.25, -0.2) is 0 Å². The summed E-state index contributed by atoms with van der Waals surface area (Å²) in [7, 11) is 0. The van der Waals surface area contributed by atoms with Crippen LogP contribution in [-0.4, -0.2) is 6.54 Å². The first-order valence-corrected chi connectivity index (χ1v) is 8.01. The van der Waals surface area contributed by atoms with Gasteiger partial charge in [-0.2, -0.15) is 0 Å². The average Bonchev–Trinajstić information content (AvgIpc) is 3.12. The number of hydrogen-bond acceptors (Lipinski definition) is 2. The molecular weight excluding hydrogens is 250 g/mol. The molecule has 2 heteroatoms. The molecule has 0 bridgehead atoms. The highest BCUT2D eigenvalue weighted by Gasteiger charge is 2.44. The van der Waals surface area contributed by atoms with Gasteiger partial charge in [0.1, 0.15) is 0 Å². The molecule has 1 saturated carbocycles. The van der Waals surface area contributed by atoms with Gasteiger partial charge in [0, 0.05) is 10.9 Å². The monoisotopic (exact) mass is 271 g/mol. The van der Waals surface area contributed by atoms with Crippen LogP contribution in [0.25, 0.3) is 0 Å². The van der Waals surface area contributed by atoms with Crippen molar-refractivity contribution in [3.05, 3.63) is 57.8 Å². The van der Waals surface area contributed by atoms with Crippen LogP contribution in [0.3, 0.4) is 0 Å². The van der Waals surface area contributed by atoms with Gasteiger partial charge in [-0.3, -0.25) is 0 Å². The summed E-state index contributed by atoms with van der Waals surface area (Å²) in [6.45, 7) is 5.48. The van der Waals surface area contributed by atoms with Gasteiger partial charge in [0.2, 0.25) is 0 Å². The summed E-state index contributed by atoms with van der Waals surface area (Å²) >= 11 is 1.90. The Balaban J connectivity index is 1.79. The Hall–Kier alpha value is -1.12. The molecule has 3 atom stereocenters. The zero-order valence-corrected chi connectivity index (χ0v) is 12.4. The topological polar surface area (TPSA) is 12.0 Å². The van der Waals surface area contributed by atoms with Gasteiger partial charge in [-0.15, -0.1) is 11.3 Å². The van der Waals surface area contributed by atoms with E-state index in [4.69, 9.17) is 0 Å². The molecule has 3 unspecified atom stereocenters. The van der Waals surface area contributed by atoms with E-state index in [0.29, 0.717) is 6.04 Å². The van der Waals surface area contributed by atoms with Crippen LogP contribution in [0.1, 0.15) is 41.3 Å². The van der Waals surface area contributed by atoms with Crippen LogP contribution in [0.15, 0.2) is 41.8 Å². The number of nitrogens with one attached hydrogen (secondary N) is 1. The zero-order valence-electron chi connectivity index (χ0n) is 11.6. The van der Waals surface area contributed by atoms with Gasteiger partial charge < -0.3 is 5.32 Å². The number of hydrogen-bond donors (Lipinski definition) is 1. The molecule has 1 aromatic carbocycles. The van der Waals surface area contributed by atoms with Crippen molar-refractivity contribution in [1.29, 1.82) is 0 Å². The molecular formula is C17H21NS. The van der Waals surface area contributed by atoms with E-state index < -0.39 is 0 Å². The molecule has 0 spiro atoms.